The lowest BCUT2D eigenvalue weighted by molar-refractivity contribution is -0.160. The number of hydrogen-bond donors (Lipinski definition) is 2. The highest BCUT2D eigenvalue weighted by molar-refractivity contribution is 5.86. The van der Waals surface area contributed by atoms with E-state index in [0.29, 0.717) is 44.9 Å². The van der Waals surface area contributed by atoms with Gasteiger partial charge in [-0.05, 0) is 19.8 Å². The normalized spacial score (nSPS) is 24.2. The Labute approximate surface area is 154 Å². The molecule has 0 aromatic carbocycles. The van der Waals surface area contributed by atoms with Crippen molar-refractivity contribution in [2.75, 3.05) is 39.9 Å². The van der Waals surface area contributed by atoms with Crippen molar-refractivity contribution in [3.8, 4) is 0 Å². The molecule has 2 aliphatic heterocycles. The smallest absolute Gasteiger partial charge is 0.255 e. The molecule has 0 spiro atoms. The first-order chi connectivity index (χ1) is 12.5. The van der Waals surface area contributed by atoms with Crippen molar-refractivity contribution >= 4 is 5.91 Å². The van der Waals surface area contributed by atoms with Gasteiger partial charge < -0.3 is 19.8 Å². The van der Waals surface area contributed by atoms with Crippen LogP contribution in [0.3, 0.4) is 0 Å². The van der Waals surface area contributed by atoms with Crippen molar-refractivity contribution in [1.82, 2.24) is 19.6 Å². The lowest BCUT2D eigenvalue weighted by atomic mass is 9.90. The molecule has 8 heteroatoms. The zero-order valence-corrected chi connectivity index (χ0v) is 15.8. The van der Waals surface area contributed by atoms with E-state index >= 15 is 0 Å². The third-order valence-electron chi connectivity index (χ3n) is 5.50. The second kappa shape index (κ2) is 8.04. The molecule has 26 heavy (non-hydrogen) atoms. The molecule has 146 valence electrons. The molecular formula is C18H30N4O4. The Morgan fingerprint density at radius 1 is 1.35 bits per heavy atom. The first-order valence-corrected chi connectivity index (χ1v) is 9.43. The molecule has 8 nitrogen and oxygen atoms in total. The van der Waals surface area contributed by atoms with Crippen LogP contribution in [0.15, 0.2) is 0 Å². The number of aliphatic hydroxyl groups is 2. The molecule has 0 bridgehead atoms. The number of rotatable bonds is 7. The van der Waals surface area contributed by atoms with Crippen LogP contribution >= 0.6 is 0 Å². The van der Waals surface area contributed by atoms with Crippen LogP contribution in [-0.4, -0.2) is 81.2 Å². The number of carbonyl (C=O) groups is 1. The monoisotopic (exact) mass is 366 g/mol. The van der Waals surface area contributed by atoms with Gasteiger partial charge in [-0.15, -0.1) is 0 Å². The van der Waals surface area contributed by atoms with Gasteiger partial charge in [0.25, 0.3) is 5.91 Å². The van der Waals surface area contributed by atoms with E-state index in [1.165, 1.54) is 0 Å². The topological polar surface area (TPSA) is 91.1 Å². The summed E-state index contributed by atoms with van der Waals surface area (Å²) in [6, 6.07) is 0. The molecule has 2 N–H and O–H groups in total. The molecular weight excluding hydrogens is 336 g/mol. The van der Waals surface area contributed by atoms with E-state index < -0.39 is 5.60 Å². The largest absolute Gasteiger partial charge is 0.390 e. The maximum Gasteiger partial charge on any atom is 0.255 e. The van der Waals surface area contributed by atoms with Gasteiger partial charge in [0.2, 0.25) is 0 Å². The average molecular weight is 366 g/mol. The van der Waals surface area contributed by atoms with Gasteiger partial charge in [0.1, 0.15) is 0 Å². The number of aryl methyl sites for hydroxylation is 1. The summed E-state index contributed by atoms with van der Waals surface area (Å²) in [6.07, 6.45) is 2.09. The van der Waals surface area contributed by atoms with Gasteiger partial charge in [0, 0.05) is 64.1 Å². The van der Waals surface area contributed by atoms with E-state index in [0.717, 1.165) is 37.2 Å². The Balaban J connectivity index is 1.71. The number of aromatic nitrogens is 2. The quantitative estimate of drug-likeness (QED) is 0.692. The van der Waals surface area contributed by atoms with Gasteiger partial charge >= 0.3 is 0 Å². The minimum atomic E-state index is -1.34. The summed E-state index contributed by atoms with van der Waals surface area (Å²) in [5.74, 6) is -0.196. The van der Waals surface area contributed by atoms with Gasteiger partial charge in [-0.3, -0.25) is 14.4 Å². The first-order valence-electron chi connectivity index (χ1n) is 9.43. The fourth-order valence-electron chi connectivity index (χ4n) is 4.14. The van der Waals surface area contributed by atoms with Crippen molar-refractivity contribution in [3.05, 3.63) is 17.0 Å². The highest BCUT2D eigenvalue weighted by Gasteiger charge is 2.43. The molecule has 0 saturated carbocycles. The predicted octanol–water partition coefficient (Wildman–Crippen LogP) is -0.247. The van der Waals surface area contributed by atoms with Crippen LogP contribution in [0, 0.1) is 0 Å². The number of methoxy groups -OCH3 is 1. The lowest BCUT2D eigenvalue weighted by Gasteiger charge is -2.41. The molecule has 3 rings (SSSR count). The minimum Gasteiger partial charge on any atom is -0.390 e. The van der Waals surface area contributed by atoms with Gasteiger partial charge in [-0.2, -0.15) is 5.10 Å². The number of carbonyl (C=O) groups excluding carboxylic acids is 1. The zero-order chi connectivity index (χ0) is 18.7. The highest BCUT2D eigenvalue weighted by Crippen LogP contribution is 2.28. The molecule has 1 aromatic rings. The number of aliphatic hydroxyl groups excluding tert-OH is 1. The number of amides is 1. The number of nitrogens with zero attached hydrogens (tertiary/aromatic N) is 4. The van der Waals surface area contributed by atoms with Crippen LogP contribution in [-0.2, 0) is 35.6 Å². The third kappa shape index (κ3) is 3.64. The molecule has 0 radical (unpaired) electrons. The highest BCUT2D eigenvalue weighted by atomic mass is 16.5. The maximum atomic E-state index is 12.8. The van der Waals surface area contributed by atoms with Crippen LogP contribution in [0.4, 0.5) is 0 Å². The average Bonchev–Trinajstić information content (AvgIpc) is 3.00. The molecule has 1 saturated heterocycles. The van der Waals surface area contributed by atoms with Crippen LogP contribution < -0.4 is 0 Å². The third-order valence-corrected chi connectivity index (χ3v) is 5.50. The fourth-order valence-corrected chi connectivity index (χ4v) is 4.14. The lowest BCUT2D eigenvalue weighted by Crippen LogP contribution is -2.59. The Hall–Kier alpha value is -1.48. The molecule has 1 fully saturated rings. The molecule has 1 atom stereocenters. The van der Waals surface area contributed by atoms with E-state index in [2.05, 4.69) is 10.00 Å². The van der Waals surface area contributed by atoms with Crippen molar-refractivity contribution in [1.29, 1.82) is 0 Å². The van der Waals surface area contributed by atoms with Gasteiger partial charge in [-0.1, -0.05) is 0 Å². The molecule has 3 heterocycles. The van der Waals surface area contributed by atoms with Crippen LogP contribution in [0.25, 0.3) is 0 Å². The SMILES string of the molecule is CCn1nc(CO)c2c1CCN(CC1(O)CCCN(CCOC)C1=O)C2. The number of piperidine rings is 1. The van der Waals surface area contributed by atoms with Crippen molar-refractivity contribution in [2.24, 2.45) is 0 Å². The summed E-state index contributed by atoms with van der Waals surface area (Å²) in [4.78, 5) is 16.6. The van der Waals surface area contributed by atoms with Gasteiger partial charge in [0.15, 0.2) is 5.60 Å². The standard InChI is InChI=1S/C18H30N4O4/c1-3-22-16-5-8-20(11-14(16)15(12-23)19-22)13-18(25)6-4-7-21(17(18)24)9-10-26-2/h23,25H,3-13H2,1-2H3. The summed E-state index contributed by atoms with van der Waals surface area (Å²) in [5.41, 5.74) is 1.57. The van der Waals surface area contributed by atoms with E-state index in [4.69, 9.17) is 4.74 Å². The number of hydrogen-bond acceptors (Lipinski definition) is 6. The van der Waals surface area contributed by atoms with Gasteiger partial charge in [-0.25, -0.2) is 0 Å². The van der Waals surface area contributed by atoms with E-state index in [1.54, 1.807) is 12.0 Å². The van der Waals surface area contributed by atoms with Crippen LogP contribution in [0.1, 0.15) is 36.7 Å². The zero-order valence-electron chi connectivity index (χ0n) is 15.8. The Morgan fingerprint density at radius 2 is 2.15 bits per heavy atom. The first kappa shape index (κ1) is 19.3. The Morgan fingerprint density at radius 3 is 2.85 bits per heavy atom. The fraction of sp³-hybridized carbons (Fsp3) is 0.778. The van der Waals surface area contributed by atoms with Gasteiger partial charge in [0.05, 0.1) is 18.9 Å². The van der Waals surface area contributed by atoms with Crippen molar-refractivity contribution in [2.45, 2.75) is 51.5 Å². The van der Waals surface area contributed by atoms with E-state index in [9.17, 15) is 15.0 Å². The minimum absolute atomic E-state index is 0.0861. The second-order valence-electron chi connectivity index (χ2n) is 7.23. The maximum absolute atomic E-state index is 12.8. The second-order valence-corrected chi connectivity index (χ2v) is 7.23. The Bertz CT molecular complexity index is 647. The summed E-state index contributed by atoms with van der Waals surface area (Å²) >= 11 is 0. The van der Waals surface area contributed by atoms with Crippen LogP contribution in [0.5, 0.6) is 0 Å². The Kier molecular flexibility index (Phi) is 5.96. The summed E-state index contributed by atoms with van der Waals surface area (Å²) in [5, 5.41) is 25.1. The number of likely N-dealkylation sites (tertiary alicyclic amines) is 1. The predicted molar refractivity (Wildman–Crippen MR) is 95.4 cm³/mol. The molecule has 2 aliphatic rings. The summed E-state index contributed by atoms with van der Waals surface area (Å²) in [6.45, 7) is 6.10. The van der Waals surface area contributed by atoms with Crippen LogP contribution in [0.2, 0.25) is 0 Å². The van der Waals surface area contributed by atoms with Crippen molar-refractivity contribution < 1.29 is 19.7 Å². The number of fused-ring (bicyclic) bond motifs is 1. The molecule has 1 aromatic heterocycles. The molecule has 1 amide bonds. The number of β-amino-alcohol motifs (C(OH)–C–C–N with tert-alkyl or cyclic N) is 1. The molecule has 0 aliphatic carbocycles. The van der Waals surface area contributed by atoms with E-state index in [1.807, 2.05) is 11.6 Å². The summed E-state index contributed by atoms with van der Waals surface area (Å²) in [7, 11) is 1.61. The molecule has 1 unspecified atom stereocenters. The summed E-state index contributed by atoms with van der Waals surface area (Å²) < 4.78 is 7.02. The van der Waals surface area contributed by atoms with E-state index in [-0.39, 0.29) is 12.5 Å². The van der Waals surface area contributed by atoms with Crippen molar-refractivity contribution in [3.63, 3.8) is 0 Å². The number of ether oxygens (including phenoxy) is 1.